The highest BCUT2D eigenvalue weighted by Gasteiger charge is 2.34. The average Bonchev–Trinajstić information content (AvgIpc) is 3.00. The average molecular weight is 310 g/mol. The molecule has 0 saturated carbocycles. The van der Waals surface area contributed by atoms with Gasteiger partial charge in [0, 0.05) is 6.54 Å². The molecule has 2 heterocycles. The van der Waals surface area contributed by atoms with Crippen LogP contribution in [0.1, 0.15) is 35.9 Å². The van der Waals surface area contributed by atoms with E-state index in [2.05, 4.69) is 5.32 Å². The summed E-state index contributed by atoms with van der Waals surface area (Å²) in [6.07, 6.45) is 2.28. The number of carbonyl (C=O) groups is 3. The molecule has 2 rings (SSSR count). The van der Waals surface area contributed by atoms with Crippen molar-refractivity contribution in [2.75, 3.05) is 6.54 Å². The molecule has 0 bridgehead atoms. The zero-order valence-corrected chi connectivity index (χ0v) is 12.6. The molecule has 6 nitrogen and oxygen atoms in total. The largest absolute Gasteiger partial charge is 0.480 e. The third kappa shape index (κ3) is 3.60. The maximum Gasteiger partial charge on any atom is 0.325 e. The molecule has 2 atom stereocenters. The van der Waals surface area contributed by atoms with E-state index in [1.807, 2.05) is 5.38 Å². The van der Waals surface area contributed by atoms with Crippen LogP contribution >= 0.6 is 11.3 Å². The molecule has 0 spiro atoms. The van der Waals surface area contributed by atoms with Gasteiger partial charge >= 0.3 is 5.97 Å². The van der Waals surface area contributed by atoms with Crippen molar-refractivity contribution in [1.29, 1.82) is 0 Å². The van der Waals surface area contributed by atoms with E-state index in [4.69, 9.17) is 5.11 Å². The number of carboxylic acid groups (broad SMARTS) is 1. The predicted molar refractivity (Wildman–Crippen MR) is 78.2 cm³/mol. The maximum atomic E-state index is 12.4. The fourth-order valence-electron chi connectivity index (χ4n) is 2.36. The van der Waals surface area contributed by atoms with Gasteiger partial charge in [-0.1, -0.05) is 6.07 Å². The third-order valence-electron chi connectivity index (χ3n) is 3.53. The zero-order valence-electron chi connectivity index (χ0n) is 11.7. The summed E-state index contributed by atoms with van der Waals surface area (Å²) in [6.45, 7) is 1.94. The lowest BCUT2D eigenvalue weighted by atomic mass is 10.0. The van der Waals surface area contributed by atoms with E-state index < -0.39 is 24.0 Å². The van der Waals surface area contributed by atoms with Crippen molar-refractivity contribution in [3.63, 3.8) is 0 Å². The number of carbonyl (C=O) groups excluding carboxylic acids is 2. The van der Waals surface area contributed by atoms with Crippen LogP contribution in [0.15, 0.2) is 17.5 Å². The Hall–Kier alpha value is -1.89. The fraction of sp³-hybridized carbons (Fsp3) is 0.500. The van der Waals surface area contributed by atoms with Crippen LogP contribution in [0, 0.1) is 0 Å². The SMILES string of the molecule is C[C@@H](NC(=O)C1CCCCN1C(=O)c1cccs1)C(=O)O. The standard InChI is InChI=1S/C14H18N2O4S/c1-9(14(19)20)15-12(17)10-5-2-3-7-16(10)13(18)11-6-4-8-21-11/h4,6,8-10H,2-3,5,7H2,1H3,(H,15,17)(H,19,20)/t9-,10?/m1/s1. The van der Waals surface area contributed by atoms with E-state index in [1.54, 1.807) is 17.0 Å². The van der Waals surface area contributed by atoms with Gasteiger partial charge in [0.2, 0.25) is 5.91 Å². The highest BCUT2D eigenvalue weighted by Crippen LogP contribution is 2.22. The minimum atomic E-state index is -1.09. The van der Waals surface area contributed by atoms with Crippen LogP contribution in [0.2, 0.25) is 0 Å². The molecular weight excluding hydrogens is 292 g/mol. The number of hydrogen-bond donors (Lipinski definition) is 2. The number of nitrogens with zero attached hydrogens (tertiary/aromatic N) is 1. The number of carboxylic acids is 1. The molecule has 0 aliphatic carbocycles. The van der Waals surface area contributed by atoms with Gasteiger partial charge in [-0.15, -0.1) is 11.3 Å². The minimum Gasteiger partial charge on any atom is -0.480 e. The Morgan fingerprint density at radius 2 is 2.19 bits per heavy atom. The Kier molecular flexibility index (Phi) is 4.95. The smallest absolute Gasteiger partial charge is 0.325 e. The molecule has 1 aromatic heterocycles. The van der Waals surface area contributed by atoms with Gasteiger partial charge in [0.05, 0.1) is 4.88 Å². The van der Waals surface area contributed by atoms with Crippen molar-refractivity contribution in [3.05, 3.63) is 22.4 Å². The lowest BCUT2D eigenvalue weighted by Crippen LogP contribution is -2.54. The summed E-state index contributed by atoms with van der Waals surface area (Å²) in [7, 11) is 0. The van der Waals surface area contributed by atoms with E-state index >= 15 is 0 Å². The minimum absolute atomic E-state index is 0.159. The molecule has 0 aromatic carbocycles. The molecule has 21 heavy (non-hydrogen) atoms. The molecule has 2 N–H and O–H groups in total. The van der Waals surface area contributed by atoms with Crippen LogP contribution in [-0.2, 0) is 9.59 Å². The molecule has 114 valence electrons. The lowest BCUT2D eigenvalue weighted by Gasteiger charge is -2.34. The van der Waals surface area contributed by atoms with Gasteiger partial charge in [-0.05, 0) is 37.6 Å². The van der Waals surface area contributed by atoms with Crippen molar-refractivity contribution in [3.8, 4) is 0 Å². The summed E-state index contributed by atoms with van der Waals surface area (Å²) < 4.78 is 0. The van der Waals surface area contributed by atoms with Crippen LogP contribution in [0.5, 0.6) is 0 Å². The van der Waals surface area contributed by atoms with Gasteiger partial charge in [-0.3, -0.25) is 14.4 Å². The predicted octanol–water partition coefficient (Wildman–Crippen LogP) is 1.33. The van der Waals surface area contributed by atoms with E-state index in [0.717, 1.165) is 12.8 Å². The molecular formula is C14H18N2O4S. The quantitative estimate of drug-likeness (QED) is 0.878. The second-order valence-electron chi connectivity index (χ2n) is 5.06. The molecule has 2 amide bonds. The van der Waals surface area contributed by atoms with E-state index in [9.17, 15) is 14.4 Å². The Morgan fingerprint density at radius 1 is 1.43 bits per heavy atom. The zero-order chi connectivity index (χ0) is 15.4. The summed E-state index contributed by atoms with van der Waals surface area (Å²) in [5, 5.41) is 13.1. The number of thiophene rings is 1. The summed E-state index contributed by atoms with van der Waals surface area (Å²) in [4.78, 5) is 37.6. The molecule has 1 fully saturated rings. The number of piperidine rings is 1. The van der Waals surface area contributed by atoms with Gasteiger partial charge in [0.25, 0.3) is 5.91 Å². The van der Waals surface area contributed by atoms with Crippen LogP contribution < -0.4 is 5.32 Å². The van der Waals surface area contributed by atoms with Gasteiger partial charge in [0.15, 0.2) is 0 Å². The first-order valence-electron chi connectivity index (χ1n) is 6.88. The fourth-order valence-corrected chi connectivity index (χ4v) is 3.04. The number of rotatable bonds is 4. The van der Waals surface area contributed by atoms with Gasteiger partial charge in [-0.2, -0.15) is 0 Å². The normalized spacial score (nSPS) is 19.9. The summed E-state index contributed by atoms with van der Waals surface area (Å²) in [6, 6.07) is 1.98. The van der Waals surface area contributed by atoms with Crippen molar-refractivity contribution in [1.82, 2.24) is 10.2 Å². The molecule has 1 saturated heterocycles. The molecule has 0 radical (unpaired) electrons. The topological polar surface area (TPSA) is 86.7 Å². The Balaban J connectivity index is 2.10. The van der Waals surface area contributed by atoms with E-state index in [1.165, 1.54) is 18.3 Å². The second kappa shape index (κ2) is 6.71. The number of nitrogens with one attached hydrogen (secondary N) is 1. The van der Waals surface area contributed by atoms with Gasteiger partial charge in [-0.25, -0.2) is 0 Å². The molecule has 1 unspecified atom stereocenters. The monoisotopic (exact) mass is 310 g/mol. The Bertz CT molecular complexity index is 529. The van der Waals surface area contributed by atoms with E-state index in [-0.39, 0.29) is 5.91 Å². The lowest BCUT2D eigenvalue weighted by molar-refractivity contribution is -0.142. The summed E-state index contributed by atoms with van der Waals surface area (Å²) in [5.41, 5.74) is 0. The second-order valence-corrected chi connectivity index (χ2v) is 6.00. The highest BCUT2D eigenvalue weighted by molar-refractivity contribution is 7.12. The van der Waals surface area contributed by atoms with Crippen LogP contribution in [0.4, 0.5) is 0 Å². The van der Waals surface area contributed by atoms with Crippen molar-refractivity contribution in [2.45, 2.75) is 38.3 Å². The van der Waals surface area contributed by atoms with Crippen molar-refractivity contribution < 1.29 is 19.5 Å². The first kappa shape index (κ1) is 15.5. The maximum absolute atomic E-state index is 12.4. The van der Waals surface area contributed by atoms with Crippen LogP contribution in [-0.4, -0.2) is 46.4 Å². The Labute approximate surface area is 126 Å². The highest BCUT2D eigenvalue weighted by atomic mass is 32.1. The number of hydrogen-bond acceptors (Lipinski definition) is 4. The summed E-state index contributed by atoms with van der Waals surface area (Å²) >= 11 is 1.34. The number of aliphatic carboxylic acids is 1. The van der Waals surface area contributed by atoms with Crippen LogP contribution in [0.25, 0.3) is 0 Å². The number of amides is 2. The number of likely N-dealkylation sites (tertiary alicyclic amines) is 1. The third-order valence-corrected chi connectivity index (χ3v) is 4.39. The molecule has 1 aliphatic rings. The molecule has 7 heteroatoms. The summed E-state index contributed by atoms with van der Waals surface area (Å²) in [5.74, 6) is -1.64. The van der Waals surface area contributed by atoms with Crippen LogP contribution in [0.3, 0.4) is 0 Å². The van der Waals surface area contributed by atoms with Gasteiger partial charge < -0.3 is 15.3 Å². The van der Waals surface area contributed by atoms with Gasteiger partial charge in [0.1, 0.15) is 12.1 Å². The molecule has 1 aromatic rings. The Morgan fingerprint density at radius 3 is 2.81 bits per heavy atom. The van der Waals surface area contributed by atoms with E-state index in [0.29, 0.717) is 17.8 Å². The first-order valence-corrected chi connectivity index (χ1v) is 7.76. The van der Waals surface area contributed by atoms with Crippen molar-refractivity contribution in [2.24, 2.45) is 0 Å². The van der Waals surface area contributed by atoms with Crippen molar-refractivity contribution >= 4 is 29.1 Å². The molecule has 1 aliphatic heterocycles. The first-order chi connectivity index (χ1) is 10.0.